The van der Waals surface area contributed by atoms with E-state index in [1.165, 1.54) is 30.1 Å². The molecular weight excluding hydrogens is 386 g/mol. The van der Waals surface area contributed by atoms with E-state index in [0.717, 1.165) is 23.4 Å². The number of hydrogen-bond acceptors (Lipinski definition) is 4. The average Bonchev–Trinajstić information content (AvgIpc) is 3.18. The monoisotopic (exact) mass is 415 g/mol. The van der Waals surface area contributed by atoms with Gasteiger partial charge >= 0.3 is 0 Å². The number of non-ortho nitro benzene ring substituents is 1. The molecule has 31 heavy (non-hydrogen) atoms. The second kappa shape index (κ2) is 8.50. The number of anilines is 1. The molecule has 1 atom stereocenters. The molecule has 1 unspecified atom stereocenters. The largest absolute Gasteiger partial charge is 0.269 e. The van der Waals surface area contributed by atoms with Gasteiger partial charge in [-0.25, -0.2) is 0 Å². The lowest BCUT2D eigenvalue weighted by molar-refractivity contribution is -0.384. The zero-order valence-corrected chi connectivity index (χ0v) is 18.4. The fraction of sp³-hybridized carbons (Fsp3) is 0.346. The lowest BCUT2D eigenvalue weighted by Gasteiger charge is -2.32. The third-order valence-electron chi connectivity index (χ3n) is 6.41. The van der Waals surface area contributed by atoms with Crippen molar-refractivity contribution < 1.29 is 4.92 Å². The van der Waals surface area contributed by atoms with Crippen LogP contribution in [0, 0.1) is 15.5 Å². The average molecular weight is 416 g/mol. The molecular formula is C26H29N3O2. The molecule has 0 amide bonds. The number of allylic oxidation sites excluding steroid dienone is 4. The smallest absolute Gasteiger partial charge is 0.258 e. The number of nitro groups is 1. The van der Waals surface area contributed by atoms with E-state index in [2.05, 4.69) is 32.9 Å². The minimum absolute atomic E-state index is 0.0728. The summed E-state index contributed by atoms with van der Waals surface area (Å²) in [5, 5.41) is 18.2. The standard InChI is InChI=1S/C26H29N3O2/c1-19-9-8-16-26(2,3)24(19)15-14-21-18-25(20-10-7-13-23(17-20)29(30)31)28(27-21)22-11-5-4-6-12-22/h4-7,10-15,17,25H,8-9,16,18H2,1-3H3/b15-14+. The van der Waals surface area contributed by atoms with Gasteiger partial charge in [-0.2, -0.15) is 5.10 Å². The van der Waals surface area contributed by atoms with Gasteiger partial charge in [-0.15, -0.1) is 0 Å². The summed E-state index contributed by atoms with van der Waals surface area (Å²) in [6.07, 6.45) is 8.68. The first kappa shape index (κ1) is 21.0. The lowest BCUT2D eigenvalue weighted by Crippen LogP contribution is -2.19. The van der Waals surface area contributed by atoms with Gasteiger partial charge in [0.05, 0.1) is 22.4 Å². The van der Waals surface area contributed by atoms with Crippen molar-refractivity contribution in [3.63, 3.8) is 0 Å². The summed E-state index contributed by atoms with van der Waals surface area (Å²) in [6, 6.07) is 16.8. The third-order valence-corrected chi connectivity index (χ3v) is 6.41. The van der Waals surface area contributed by atoms with Crippen molar-refractivity contribution in [2.75, 3.05) is 5.01 Å². The highest BCUT2D eigenvalue weighted by Crippen LogP contribution is 2.41. The van der Waals surface area contributed by atoms with Crippen LogP contribution in [0.2, 0.25) is 0 Å². The zero-order chi connectivity index (χ0) is 22.0. The van der Waals surface area contributed by atoms with E-state index in [4.69, 9.17) is 5.10 Å². The molecule has 0 saturated heterocycles. The van der Waals surface area contributed by atoms with E-state index >= 15 is 0 Å². The molecule has 5 nitrogen and oxygen atoms in total. The third kappa shape index (κ3) is 4.46. The predicted octanol–water partition coefficient (Wildman–Crippen LogP) is 6.99. The first-order valence-electron chi connectivity index (χ1n) is 10.9. The lowest BCUT2D eigenvalue weighted by atomic mass is 9.72. The summed E-state index contributed by atoms with van der Waals surface area (Å²) in [7, 11) is 0. The summed E-state index contributed by atoms with van der Waals surface area (Å²) >= 11 is 0. The van der Waals surface area contributed by atoms with Crippen LogP contribution in [-0.2, 0) is 0 Å². The number of rotatable bonds is 5. The highest BCUT2D eigenvalue weighted by atomic mass is 16.6. The van der Waals surface area contributed by atoms with Crippen molar-refractivity contribution in [3.05, 3.63) is 93.6 Å². The van der Waals surface area contributed by atoms with Gasteiger partial charge in [0, 0.05) is 18.6 Å². The Kier molecular flexibility index (Phi) is 5.77. The Morgan fingerprint density at radius 1 is 1.13 bits per heavy atom. The van der Waals surface area contributed by atoms with E-state index in [0.29, 0.717) is 6.42 Å². The Morgan fingerprint density at radius 3 is 2.61 bits per heavy atom. The van der Waals surface area contributed by atoms with Crippen LogP contribution in [0.1, 0.15) is 58.1 Å². The molecule has 0 fully saturated rings. The highest BCUT2D eigenvalue weighted by molar-refractivity contribution is 5.98. The van der Waals surface area contributed by atoms with E-state index in [-0.39, 0.29) is 22.1 Å². The maximum atomic E-state index is 11.3. The molecule has 2 aliphatic rings. The summed E-state index contributed by atoms with van der Waals surface area (Å²) in [4.78, 5) is 11.0. The Balaban J connectivity index is 1.67. The van der Waals surface area contributed by atoms with Crippen molar-refractivity contribution in [2.45, 2.75) is 52.5 Å². The van der Waals surface area contributed by atoms with Crippen LogP contribution in [0.15, 0.2) is 83.0 Å². The second-order valence-electron chi connectivity index (χ2n) is 9.11. The number of para-hydroxylation sites is 1. The summed E-state index contributed by atoms with van der Waals surface area (Å²) in [5.41, 5.74) is 6.03. The molecule has 1 aliphatic carbocycles. The fourth-order valence-corrected chi connectivity index (χ4v) is 4.75. The Morgan fingerprint density at radius 2 is 1.90 bits per heavy atom. The molecule has 0 saturated carbocycles. The molecule has 0 spiro atoms. The summed E-state index contributed by atoms with van der Waals surface area (Å²) in [6.45, 7) is 6.86. The zero-order valence-electron chi connectivity index (χ0n) is 18.4. The van der Waals surface area contributed by atoms with Gasteiger partial charge in [-0.1, -0.05) is 55.8 Å². The normalized spacial score (nSPS) is 20.9. The molecule has 1 aliphatic heterocycles. The van der Waals surface area contributed by atoms with Crippen LogP contribution >= 0.6 is 0 Å². The highest BCUT2D eigenvalue weighted by Gasteiger charge is 2.30. The fourth-order valence-electron chi connectivity index (χ4n) is 4.75. The molecule has 4 rings (SSSR count). The minimum atomic E-state index is -0.340. The van der Waals surface area contributed by atoms with Gasteiger partial charge in [0.1, 0.15) is 0 Å². The molecule has 1 heterocycles. The van der Waals surface area contributed by atoms with Crippen LogP contribution in [-0.4, -0.2) is 10.6 Å². The molecule has 2 aromatic carbocycles. The molecule has 0 N–H and O–H groups in total. The summed E-state index contributed by atoms with van der Waals surface area (Å²) in [5.74, 6) is 0. The number of hydrazone groups is 1. The summed E-state index contributed by atoms with van der Waals surface area (Å²) < 4.78 is 0. The Hall–Kier alpha value is -3.21. The molecule has 5 heteroatoms. The quantitative estimate of drug-likeness (QED) is 0.391. The topological polar surface area (TPSA) is 58.7 Å². The molecule has 0 aromatic heterocycles. The second-order valence-corrected chi connectivity index (χ2v) is 9.11. The van der Waals surface area contributed by atoms with Crippen LogP contribution in [0.4, 0.5) is 11.4 Å². The van der Waals surface area contributed by atoms with E-state index in [1.807, 2.05) is 41.4 Å². The van der Waals surface area contributed by atoms with Crippen molar-refractivity contribution in [2.24, 2.45) is 10.5 Å². The molecule has 160 valence electrons. The van der Waals surface area contributed by atoms with Gasteiger partial charge in [-0.3, -0.25) is 15.1 Å². The van der Waals surface area contributed by atoms with Gasteiger partial charge in [0.2, 0.25) is 0 Å². The van der Waals surface area contributed by atoms with Crippen molar-refractivity contribution in [3.8, 4) is 0 Å². The van der Waals surface area contributed by atoms with E-state index < -0.39 is 0 Å². The SMILES string of the molecule is CC1=C(/C=C/C2=NN(c3ccccc3)C(c3cccc([N+](=O)[O-])c3)C2)C(C)(C)CCC1. The van der Waals surface area contributed by atoms with Crippen LogP contribution < -0.4 is 5.01 Å². The Labute approximate surface area is 183 Å². The van der Waals surface area contributed by atoms with Gasteiger partial charge in [-0.05, 0) is 60.9 Å². The van der Waals surface area contributed by atoms with Gasteiger partial charge < -0.3 is 0 Å². The molecule has 2 aromatic rings. The first-order valence-corrected chi connectivity index (χ1v) is 10.9. The van der Waals surface area contributed by atoms with E-state index in [1.54, 1.807) is 12.1 Å². The van der Waals surface area contributed by atoms with E-state index in [9.17, 15) is 10.1 Å². The number of nitrogens with zero attached hydrogens (tertiary/aromatic N) is 3. The van der Waals surface area contributed by atoms with Crippen LogP contribution in [0.25, 0.3) is 0 Å². The molecule has 0 bridgehead atoms. The minimum Gasteiger partial charge on any atom is -0.258 e. The number of benzene rings is 2. The van der Waals surface area contributed by atoms with Crippen molar-refractivity contribution >= 4 is 17.1 Å². The molecule has 0 radical (unpaired) electrons. The van der Waals surface area contributed by atoms with Crippen molar-refractivity contribution in [1.82, 2.24) is 0 Å². The first-order chi connectivity index (χ1) is 14.8. The van der Waals surface area contributed by atoms with Crippen LogP contribution in [0.5, 0.6) is 0 Å². The predicted molar refractivity (Wildman–Crippen MR) is 126 cm³/mol. The van der Waals surface area contributed by atoms with Gasteiger partial charge in [0.15, 0.2) is 0 Å². The number of nitro benzene ring substituents is 1. The van der Waals surface area contributed by atoms with Gasteiger partial charge in [0.25, 0.3) is 5.69 Å². The Bertz CT molecular complexity index is 1070. The maximum Gasteiger partial charge on any atom is 0.269 e. The number of hydrogen-bond donors (Lipinski definition) is 0. The van der Waals surface area contributed by atoms with Crippen molar-refractivity contribution in [1.29, 1.82) is 0 Å². The maximum absolute atomic E-state index is 11.3. The van der Waals surface area contributed by atoms with Crippen LogP contribution in [0.3, 0.4) is 0 Å².